The maximum absolute atomic E-state index is 12.5. The Labute approximate surface area is 205 Å². The standard InChI is InChI=1S/C24H30N4OS2.ClH/c1-4-30-20-7-5-6-19(16-20)23(29)25-10-11-27-12-14-28(15-13-27)24-26-22-18(3)17(2)8-9-21(22)31-24;/h5-9,16H,4,10-15H2,1-3H3,(H,25,29);1H. The van der Waals surface area contributed by atoms with Gasteiger partial charge in [0, 0.05) is 49.7 Å². The predicted molar refractivity (Wildman–Crippen MR) is 140 cm³/mol. The Bertz CT molecular complexity index is 1060. The van der Waals surface area contributed by atoms with Crippen molar-refractivity contribution in [3.63, 3.8) is 0 Å². The summed E-state index contributed by atoms with van der Waals surface area (Å²) in [4.78, 5) is 23.3. The number of piperazine rings is 1. The van der Waals surface area contributed by atoms with Gasteiger partial charge in [-0.2, -0.15) is 0 Å². The third-order valence-corrected chi connectivity index (χ3v) is 7.79. The van der Waals surface area contributed by atoms with Crippen LogP contribution < -0.4 is 10.2 Å². The minimum Gasteiger partial charge on any atom is -0.351 e. The minimum absolute atomic E-state index is 0. The Morgan fingerprint density at radius 1 is 1.16 bits per heavy atom. The zero-order chi connectivity index (χ0) is 21.8. The highest BCUT2D eigenvalue weighted by atomic mass is 35.5. The van der Waals surface area contributed by atoms with Gasteiger partial charge >= 0.3 is 0 Å². The molecule has 1 fully saturated rings. The van der Waals surface area contributed by atoms with Crippen LogP contribution >= 0.6 is 35.5 Å². The molecule has 0 saturated carbocycles. The van der Waals surface area contributed by atoms with E-state index in [1.807, 2.05) is 18.2 Å². The first kappa shape index (κ1) is 24.8. The van der Waals surface area contributed by atoms with Crippen LogP contribution in [-0.2, 0) is 0 Å². The molecule has 0 unspecified atom stereocenters. The molecule has 0 atom stereocenters. The van der Waals surface area contributed by atoms with Crippen LogP contribution in [0.25, 0.3) is 10.2 Å². The van der Waals surface area contributed by atoms with Crippen LogP contribution in [-0.4, -0.2) is 60.8 Å². The van der Waals surface area contributed by atoms with Crippen LogP contribution in [0, 0.1) is 13.8 Å². The number of hydrogen-bond acceptors (Lipinski definition) is 6. The zero-order valence-electron chi connectivity index (χ0n) is 18.9. The number of benzene rings is 2. The fourth-order valence-electron chi connectivity index (χ4n) is 3.84. The number of carbonyl (C=O) groups is 1. The highest BCUT2D eigenvalue weighted by Crippen LogP contribution is 2.32. The van der Waals surface area contributed by atoms with Crippen molar-refractivity contribution < 1.29 is 4.79 Å². The Balaban J connectivity index is 0.00000289. The number of halogens is 1. The summed E-state index contributed by atoms with van der Waals surface area (Å²) in [5.74, 6) is 1.02. The van der Waals surface area contributed by atoms with E-state index in [0.29, 0.717) is 6.54 Å². The first-order chi connectivity index (χ1) is 15.0. The van der Waals surface area contributed by atoms with Crippen molar-refractivity contribution in [2.45, 2.75) is 25.7 Å². The highest BCUT2D eigenvalue weighted by molar-refractivity contribution is 7.99. The number of aryl methyl sites for hydroxylation is 2. The Morgan fingerprint density at radius 3 is 2.69 bits per heavy atom. The lowest BCUT2D eigenvalue weighted by atomic mass is 10.1. The highest BCUT2D eigenvalue weighted by Gasteiger charge is 2.20. The van der Waals surface area contributed by atoms with Gasteiger partial charge < -0.3 is 10.2 Å². The largest absolute Gasteiger partial charge is 0.351 e. The molecule has 1 aliphatic rings. The van der Waals surface area contributed by atoms with Crippen molar-refractivity contribution in [3.05, 3.63) is 53.1 Å². The number of aromatic nitrogens is 1. The molecular formula is C24H31ClN4OS2. The lowest BCUT2D eigenvalue weighted by molar-refractivity contribution is 0.0947. The molecule has 2 heterocycles. The van der Waals surface area contributed by atoms with Gasteiger partial charge in [-0.1, -0.05) is 30.4 Å². The molecule has 0 radical (unpaired) electrons. The summed E-state index contributed by atoms with van der Waals surface area (Å²) in [6.07, 6.45) is 0. The molecule has 1 N–H and O–H groups in total. The van der Waals surface area contributed by atoms with Crippen molar-refractivity contribution in [2.24, 2.45) is 0 Å². The first-order valence-electron chi connectivity index (χ1n) is 10.9. The Morgan fingerprint density at radius 2 is 1.94 bits per heavy atom. The second-order valence-electron chi connectivity index (χ2n) is 7.90. The van der Waals surface area contributed by atoms with Crippen LogP contribution in [0.4, 0.5) is 5.13 Å². The Kier molecular flexibility index (Phi) is 8.82. The topological polar surface area (TPSA) is 48.5 Å². The van der Waals surface area contributed by atoms with Crippen molar-refractivity contribution in [1.82, 2.24) is 15.2 Å². The monoisotopic (exact) mass is 490 g/mol. The predicted octanol–water partition coefficient (Wildman–Crippen LogP) is 5.00. The van der Waals surface area contributed by atoms with E-state index in [0.717, 1.165) is 59.6 Å². The fraction of sp³-hybridized carbons (Fsp3) is 0.417. The lowest BCUT2D eigenvalue weighted by Gasteiger charge is -2.34. The number of anilines is 1. The summed E-state index contributed by atoms with van der Waals surface area (Å²) >= 11 is 3.55. The molecule has 3 aromatic rings. The number of nitrogens with one attached hydrogen (secondary N) is 1. The third kappa shape index (κ3) is 5.76. The fourth-order valence-corrected chi connectivity index (χ4v) is 5.63. The Hall–Kier alpha value is -1.80. The van der Waals surface area contributed by atoms with Gasteiger partial charge in [0.05, 0.1) is 10.2 Å². The number of amides is 1. The smallest absolute Gasteiger partial charge is 0.251 e. The van der Waals surface area contributed by atoms with E-state index in [-0.39, 0.29) is 18.3 Å². The molecule has 8 heteroatoms. The van der Waals surface area contributed by atoms with Gasteiger partial charge in [-0.05, 0) is 55.0 Å². The molecular weight excluding hydrogens is 460 g/mol. The van der Waals surface area contributed by atoms with Crippen LogP contribution in [0.1, 0.15) is 28.4 Å². The number of thiazole rings is 1. The van der Waals surface area contributed by atoms with Crippen molar-refractivity contribution >= 4 is 56.8 Å². The zero-order valence-corrected chi connectivity index (χ0v) is 21.3. The van der Waals surface area contributed by atoms with Crippen molar-refractivity contribution in [3.8, 4) is 0 Å². The van der Waals surface area contributed by atoms with E-state index in [1.165, 1.54) is 15.8 Å². The SMILES string of the molecule is CCSc1cccc(C(=O)NCCN2CCN(c3nc4c(C)c(C)ccc4s3)CC2)c1.Cl. The van der Waals surface area contributed by atoms with Crippen LogP contribution in [0.15, 0.2) is 41.3 Å². The van der Waals surface area contributed by atoms with Gasteiger partial charge in [0.2, 0.25) is 0 Å². The summed E-state index contributed by atoms with van der Waals surface area (Å²) in [5, 5.41) is 4.20. The van der Waals surface area contributed by atoms with Crippen molar-refractivity contribution in [1.29, 1.82) is 0 Å². The lowest BCUT2D eigenvalue weighted by Crippen LogP contribution is -2.48. The molecule has 4 rings (SSSR count). The maximum Gasteiger partial charge on any atom is 0.251 e. The average Bonchev–Trinajstić information content (AvgIpc) is 3.22. The molecule has 1 aliphatic heterocycles. The molecule has 0 aliphatic carbocycles. The average molecular weight is 491 g/mol. The molecule has 0 bridgehead atoms. The summed E-state index contributed by atoms with van der Waals surface area (Å²) in [5.41, 5.74) is 4.47. The number of rotatable bonds is 7. The molecule has 2 aromatic carbocycles. The van der Waals surface area contributed by atoms with Gasteiger partial charge in [-0.15, -0.1) is 24.2 Å². The molecule has 172 valence electrons. The van der Waals surface area contributed by atoms with E-state index >= 15 is 0 Å². The summed E-state index contributed by atoms with van der Waals surface area (Å²) < 4.78 is 1.27. The number of hydrogen-bond donors (Lipinski definition) is 1. The molecule has 1 saturated heterocycles. The molecule has 1 amide bonds. The second kappa shape index (κ2) is 11.4. The van der Waals surface area contributed by atoms with E-state index < -0.39 is 0 Å². The summed E-state index contributed by atoms with van der Waals surface area (Å²) in [6.45, 7) is 11.9. The second-order valence-corrected chi connectivity index (χ2v) is 10.2. The van der Waals surface area contributed by atoms with Gasteiger partial charge in [-0.25, -0.2) is 4.98 Å². The van der Waals surface area contributed by atoms with E-state index in [4.69, 9.17) is 4.98 Å². The first-order valence-corrected chi connectivity index (χ1v) is 12.7. The minimum atomic E-state index is 0. The summed E-state index contributed by atoms with van der Waals surface area (Å²) in [6, 6.07) is 12.2. The number of thioether (sulfide) groups is 1. The van der Waals surface area contributed by atoms with E-state index in [9.17, 15) is 4.79 Å². The van der Waals surface area contributed by atoms with Crippen LogP contribution in [0.3, 0.4) is 0 Å². The van der Waals surface area contributed by atoms with E-state index in [1.54, 1.807) is 23.1 Å². The quantitative estimate of drug-likeness (QED) is 0.472. The molecule has 32 heavy (non-hydrogen) atoms. The van der Waals surface area contributed by atoms with Gasteiger partial charge in [-0.3, -0.25) is 9.69 Å². The van der Waals surface area contributed by atoms with E-state index in [2.05, 4.69) is 54.1 Å². The number of carbonyl (C=O) groups excluding carboxylic acids is 1. The molecule has 0 spiro atoms. The van der Waals surface area contributed by atoms with Gasteiger partial charge in [0.1, 0.15) is 0 Å². The number of fused-ring (bicyclic) bond motifs is 1. The maximum atomic E-state index is 12.5. The van der Waals surface area contributed by atoms with Crippen molar-refractivity contribution in [2.75, 3.05) is 49.9 Å². The molecule has 5 nitrogen and oxygen atoms in total. The molecule has 1 aromatic heterocycles. The van der Waals surface area contributed by atoms with Gasteiger partial charge in [0.15, 0.2) is 5.13 Å². The van der Waals surface area contributed by atoms with Crippen LogP contribution in [0.2, 0.25) is 0 Å². The third-order valence-electron chi connectivity index (χ3n) is 5.84. The van der Waals surface area contributed by atoms with Crippen LogP contribution in [0.5, 0.6) is 0 Å². The van der Waals surface area contributed by atoms with Gasteiger partial charge in [0.25, 0.3) is 5.91 Å². The normalized spacial score (nSPS) is 14.4. The number of nitrogens with zero attached hydrogens (tertiary/aromatic N) is 3. The summed E-state index contributed by atoms with van der Waals surface area (Å²) in [7, 11) is 0.